The first-order chi connectivity index (χ1) is 7.73. The van der Waals surface area contributed by atoms with Crippen molar-refractivity contribution >= 4 is 0 Å². The quantitative estimate of drug-likeness (QED) is 0.664. The smallest absolute Gasteiger partial charge is 0.0841 e. The van der Waals surface area contributed by atoms with Gasteiger partial charge in [0.1, 0.15) is 0 Å². The Labute approximate surface area is 99.7 Å². The van der Waals surface area contributed by atoms with Gasteiger partial charge in [-0.3, -0.25) is 6.42 Å². The first-order valence-electron chi connectivity index (χ1n) is 6.93. The van der Waals surface area contributed by atoms with Crippen LogP contribution in [-0.4, -0.2) is 18.0 Å². The van der Waals surface area contributed by atoms with Gasteiger partial charge in [-0.1, -0.05) is 33.6 Å². The Kier molecular flexibility index (Phi) is 3.91. The second-order valence-corrected chi connectivity index (χ2v) is 5.23. The summed E-state index contributed by atoms with van der Waals surface area (Å²) in [6, 6.07) is 0. The third-order valence-corrected chi connectivity index (χ3v) is 3.94. The zero-order valence-electron chi connectivity index (χ0n) is 10.9. The third-order valence-electron chi connectivity index (χ3n) is 3.94. The van der Waals surface area contributed by atoms with Gasteiger partial charge in [-0.25, -0.2) is 0 Å². The molecule has 1 aliphatic heterocycles. The van der Waals surface area contributed by atoms with E-state index in [1.54, 1.807) is 0 Å². The van der Waals surface area contributed by atoms with E-state index in [1.165, 1.54) is 19.3 Å². The molecule has 0 amide bonds. The van der Waals surface area contributed by atoms with Crippen LogP contribution < -0.4 is 0 Å². The van der Waals surface area contributed by atoms with Crippen LogP contribution in [0, 0.1) is 12.3 Å². The highest BCUT2D eigenvalue weighted by Gasteiger charge is 2.46. The largest absolute Gasteiger partial charge is 0.374 e. The van der Waals surface area contributed by atoms with Crippen LogP contribution in [0.2, 0.25) is 0 Å². The van der Waals surface area contributed by atoms with Gasteiger partial charge in [-0.15, -0.1) is 0 Å². The van der Waals surface area contributed by atoms with Gasteiger partial charge in [0, 0.05) is 5.79 Å². The Bertz CT molecular complexity index is 205. The van der Waals surface area contributed by atoms with E-state index in [-0.39, 0.29) is 5.79 Å². The summed E-state index contributed by atoms with van der Waals surface area (Å²) in [5.74, 6) is 0.466. The van der Waals surface area contributed by atoms with Crippen molar-refractivity contribution in [1.82, 2.24) is 0 Å². The van der Waals surface area contributed by atoms with Gasteiger partial charge in [0.2, 0.25) is 0 Å². The van der Waals surface area contributed by atoms with Gasteiger partial charge in [0.25, 0.3) is 0 Å². The lowest BCUT2D eigenvalue weighted by Crippen LogP contribution is -2.32. The molecule has 1 saturated carbocycles. The number of fused-ring (bicyclic) bond motifs is 1. The van der Waals surface area contributed by atoms with Gasteiger partial charge in [-0.05, 0) is 25.2 Å². The minimum absolute atomic E-state index is 0.350. The second-order valence-electron chi connectivity index (χ2n) is 5.23. The van der Waals surface area contributed by atoms with Gasteiger partial charge in [-0.2, -0.15) is 6.42 Å². The standard InChI is InChI=1S/C14H25O2/c1-4-7-14(8-5-2)15-12-9-11(6-3)10-13(12)16-14/h7,11-13H,4-6,8-10H2,1-3H3/q-1. The summed E-state index contributed by atoms with van der Waals surface area (Å²) in [6.07, 6.45) is 9.75. The Morgan fingerprint density at radius 3 is 2.19 bits per heavy atom. The molecule has 1 heterocycles. The fourth-order valence-corrected chi connectivity index (χ4v) is 3.15. The number of ether oxygens (including phenoxy) is 2. The average molecular weight is 225 g/mol. The molecule has 2 unspecified atom stereocenters. The second kappa shape index (κ2) is 5.05. The number of rotatable bonds is 5. The molecule has 2 atom stereocenters. The normalized spacial score (nSPS) is 42.6. The van der Waals surface area contributed by atoms with Crippen molar-refractivity contribution in [2.24, 2.45) is 5.92 Å². The van der Waals surface area contributed by atoms with Crippen molar-refractivity contribution in [3.8, 4) is 0 Å². The van der Waals surface area contributed by atoms with Crippen molar-refractivity contribution < 1.29 is 9.47 Å². The lowest BCUT2D eigenvalue weighted by Gasteiger charge is -2.38. The lowest BCUT2D eigenvalue weighted by molar-refractivity contribution is -0.163. The fraction of sp³-hybridized carbons (Fsp3) is 0.929. The maximum Gasteiger partial charge on any atom is 0.0841 e. The van der Waals surface area contributed by atoms with E-state index in [9.17, 15) is 0 Å². The first kappa shape index (κ1) is 12.4. The molecule has 94 valence electrons. The van der Waals surface area contributed by atoms with Crippen molar-refractivity contribution in [2.45, 2.75) is 77.3 Å². The van der Waals surface area contributed by atoms with Crippen LogP contribution in [0.5, 0.6) is 0 Å². The summed E-state index contributed by atoms with van der Waals surface area (Å²) >= 11 is 0. The summed E-state index contributed by atoms with van der Waals surface area (Å²) < 4.78 is 12.4. The Balaban J connectivity index is 1.96. The Morgan fingerprint density at radius 1 is 1.12 bits per heavy atom. The third kappa shape index (κ3) is 2.28. The van der Waals surface area contributed by atoms with E-state index >= 15 is 0 Å². The molecule has 1 aliphatic carbocycles. The molecule has 2 rings (SSSR count). The molecule has 0 aromatic rings. The van der Waals surface area contributed by atoms with Gasteiger partial charge in [0.15, 0.2) is 0 Å². The summed E-state index contributed by atoms with van der Waals surface area (Å²) in [5.41, 5.74) is 0. The SMILES string of the molecule is CC[CH-]C1(CCC)OC2CC(CC)CC2O1. The molecule has 0 bridgehead atoms. The molecule has 2 fully saturated rings. The Morgan fingerprint density at radius 2 is 1.75 bits per heavy atom. The Hall–Kier alpha value is -0.0800. The lowest BCUT2D eigenvalue weighted by atomic mass is 10.0. The minimum atomic E-state index is -0.350. The molecule has 16 heavy (non-hydrogen) atoms. The van der Waals surface area contributed by atoms with Gasteiger partial charge < -0.3 is 9.47 Å². The average Bonchev–Trinajstić information content (AvgIpc) is 2.73. The molecule has 0 aromatic heterocycles. The fourth-order valence-electron chi connectivity index (χ4n) is 3.15. The summed E-state index contributed by atoms with van der Waals surface area (Å²) in [5, 5.41) is 0. The van der Waals surface area contributed by atoms with E-state index in [1.807, 2.05) is 0 Å². The van der Waals surface area contributed by atoms with Crippen LogP contribution in [0.25, 0.3) is 0 Å². The molecule has 2 nitrogen and oxygen atoms in total. The predicted molar refractivity (Wildman–Crippen MR) is 65.0 cm³/mol. The van der Waals surface area contributed by atoms with E-state index in [2.05, 4.69) is 27.2 Å². The highest BCUT2D eigenvalue weighted by Crippen LogP contribution is 2.45. The highest BCUT2D eigenvalue weighted by atomic mass is 16.8. The van der Waals surface area contributed by atoms with Crippen molar-refractivity contribution in [2.75, 3.05) is 0 Å². The molecule has 0 spiro atoms. The maximum atomic E-state index is 6.21. The molecular formula is C14H25O2-. The number of hydrogen-bond acceptors (Lipinski definition) is 2. The predicted octanol–water partition coefficient (Wildman–Crippen LogP) is 3.70. The topological polar surface area (TPSA) is 18.5 Å². The van der Waals surface area contributed by atoms with Crippen molar-refractivity contribution in [1.29, 1.82) is 0 Å². The summed E-state index contributed by atoms with van der Waals surface area (Å²) in [4.78, 5) is 0. The minimum Gasteiger partial charge on any atom is -0.374 e. The molecule has 2 heteroatoms. The van der Waals surface area contributed by atoms with E-state index in [0.29, 0.717) is 12.2 Å². The summed E-state index contributed by atoms with van der Waals surface area (Å²) in [6.45, 7) is 6.62. The van der Waals surface area contributed by atoms with Crippen molar-refractivity contribution in [3.05, 3.63) is 6.42 Å². The zero-order valence-corrected chi connectivity index (χ0v) is 10.9. The van der Waals surface area contributed by atoms with Crippen LogP contribution in [-0.2, 0) is 9.47 Å². The van der Waals surface area contributed by atoms with E-state index in [4.69, 9.17) is 9.47 Å². The molecular weight excluding hydrogens is 200 g/mol. The van der Waals surface area contributed by atoms with Crippen molar-refractivity contribution in [3.63, 3.8) is 0 Å². The van der Waals surface area contributed by atoms with Crippen LogP contribution >= 0.6 is 0 Å². The molecule has 0 aromatic carbocycles. The van der Waals surface area contributed by atoms with Gasteiger partial charge >= 0.3 is 0 Å². The summed E-state index contributed by atoms with van der Waals surface area (Å²) in [7, 11) is 0. The maximum absolute atomic E-state index is 6.21. The van der Waals surface area contributed by atoms with Crippen LogP contribution in [0.3, 0.4) is 0 Å². The molecule has 0 radical (unpaired) electrons. The van der Waals surface area contributed by atoms with Gasteiger partial charge in [0.05, 0.1) is 12.2 Å². The first-order valence-corrected chi connectivity index (χ1v) is 6.93. The van der Waals surface area contributed by atoms with E-state index < -0.39 is 0 Å². The van der Waals surface area contributed by atoms with Crippen LogP contribution in [0.4, 0.5) is 0 Å². The van der Waals surface area contributed by atoms with E-state index in [0.717, 1.165) is 25.2 Å². The monoisotopic (exact) mass is 225 g/mol. The molecule has 1 saturated heterocycles. The van der Waals surface area contributed by atoms with Crippen LogP contribution in [0.15, 0.2) is 0 Å². The zero-order chi connectivity index (χ0) is 11.6. The molecule has 2 aliphatic rings. The highest BCUT2D eigenvalue weighted by molar-refractivity contribution is 4.98. The molecule has 0 N–H and O–H groups in total. The van der Waals surface area contributed by atoms with Crippen LogP contribution in [0.1, 0.15) is 59.3 Å². The number of hydrogen-bond donors (Lipinski definition) is 0.